The van der Waals surface area contributed by atoms with Gasteiger partial charge in [0.2, 0.25) is 11.8 Å². The molecule has 0 bridgehead atoms. The van der Waals surface area contributed by atoms with E-state index in [9.17, 15) is 14.0 Å². The third-order valence-corrected chi connectivity index (χ3v) is 3.44. The Labute approximate surface area is 150 Å². The summed E-state index contributed by atoms with van der Waals surface area (Å²) in [4.78, 5) is 23.4. The molecule has 0 radical (unpaired) electrons. The molecule has 0 aliphatic heterocycles. The number of carbonyl (C=O) groups excluding carboxylic acids is 2. The van der Waals surface area contributed by atoms with Crippen molar-refractivity contribution in [2.45, 2.75) is 12.8 Å². The second-order valence-corrected chi connectivity index (χ2v) is 5.68. The Bertz CT molecular complexity index is 723. The minimum atomic E-state index is -0.373. The van der Waals surface area contributed by atoms with E-state index in [4.69, 9.17) is 16.3 Å². The van der Waals surface area contributed by atoms with Gasteiger partial charge < -0.3 is 15.4 Å². The van der Waals surface area contributed by atoms with Crippen LogP contribution in [0.3, 0.4) is 0 Å². The Balaban J connectivity index is 1.60. The summed E-state index contributed by atoms with van der Waals surface area (Å²) in [5.74, 6) is -0.537. The van der Waals surface area contributed by atoms with Crippen molar-refractivity contribution in [3.8, 4) is 5.75 Å². The number of ether oxygens (including phenoxy) is 1. The summed E-state index contributed by atoms with van der Waals surface area (Å²) in [6, 6.07) is 12.5. The van der Waals surface area contributed by atoms with E-state index in [1.165, 1.54) is 12.1 Å². The number of nitrogens with one attached hydrogen (secondary N) is 2. The topological polar surface area (TPSA) is 67.4 Å². The van der Waals surface area contributed by atoms with Gasteiger partial charge in [0.1, 0.15) is 11.6 Å². The summed E-state index contributed by atoms with van der Waals surface area (Å²) in [7, 11) is 0. The van der Waals surface area contributed by atoms with E-state index in [1.807, 2.05) is 0 Å². The summed E-state index contributed by atoms with van der Waals surface area (Å²) in [6.45, 7) is 0.167. The lowest BCUT2D eigenvalue weighted by molar-refractivity contribution is -0.124. The first kappa shape index (κ1) is 18.7. The number of halogens is 2. The van der Waals surface area contributed by atoms with Gasteiger partial charge in [0, 0.05) is 23.2 Å². The number of carbonyl (C=O) groups is 2. The second-order valence-electron chi connectivity index (χ2n) is 5.24. The molecule has 0 saturated heterocycles. The van der Waals surface area contributed by atoms with Crippen molar-refractivity contribution in [2.24, 2.45) is 0 Å². The van der Waals surface area contributed by atoms with E-state index in [2.05, 4.69) is 10.6 Å². The fraction of sp³-hybridized carbons (Fsp3) is 0.222. The molecule has 5 nitrogen and oxygen atoms in total. The Hall–Kier alpha value is -2.60. The number of rotatable bonds is 8. The fourth-order valence-electron chi connectivity index (χ4n) is 1.99. The molecule has 0 saturated carbocycles. The molecule has 7 heteroatoms. The molecule has 0 fully saturated rings. The summed E-state index contributed by atoms with van der Waals surface area (Å²) >= 11 is 5.76. The number of hydrogen-bond acceptors (Lipinski definition) is 3. The highest BCUT2D eigenvalue weighted by Gasteiger charge is 2.06. The van der Waals surface area contributed by atoms with Crippen molar-refractivity contribution < 1.29 is 18.7 Å². The van der Waals surface area contributed by atoms with Crippen molar-refractivity contribution in [1.29, 1.82) is 0 Å². The van der Waals surface area contributed by atoms with Crippen LogP contribution in [0, 0.1) is 5.82 Å². The average molecular weight is 365 g/mol. The Morgan fingerprint density at radius 3 is 2.56 bits per heavy atom. The van der Waals surface area contributed by atoms with Crippen LogP contribution in [0.4, 0.5) is 10.1 Å². The molecule has 0 spiro atoms. The highest BCUT2D eigenvalue weighted by molar-refractivity contribution is 6.30. The van der Waals surface area contributed by atoms with E-state index in [0.29, 0.717) is 22.9 Å². The molecule has 0 atom stereocenters. The molecule has 2 rings (SSSR count). The molecule has 2 aromatic rings. The number of benzene rings is 2. The van der Waals surface area contributed by atoms with Crippen LogP contribution in [0.2, 0.25) is 5.02 Å². The van der Waals surface area contributed by atoms with Crippen molar-refractivity contribution in [3.05, 3.63) is 59.4 Å². The summed E-state index contributed by atoms with van der Waals surface area (Å²) in [5, 5.41) is 5.75. The van der Waals surface area contributed by atoms with Crippen LogP contribution < -0.4 is 15.4 Å². The normalized spacial score (nSPS) is 10.2. The molecule has 0 aliphatic carbocycles. The predicted molar refractivity (Wildman–Crippen MR) is 94.2 cm³/mol. The van der Waals surface area contributed by atoms with Gasteiger partial charge in [0.05, 0.1) is 13.2 Å². The van der Waals surface area contributed by atoms with Gasteiger partial charge in [-0.25, -0.2) is 4.39 Å². The van der Waals surface area contributed by atoms with Gasteiger partial charge in [0.25, 0.3) is 0 Å². The zero-order valence-corrected chi connectivity index (χ0v) is 14.2. The number of anilines is 1. The predicted octanol–water partition coefficient (Wildman–Crippen LogP) is 3.39. The zero-order valence-electron chi connectivity index (χ0n) is 13.4. The molecule has 0 aliphatic rings. The van der Waals surface area contributed by atoms with Gasteiger partial charge in [-0.1, -0.05) is 17.7 Å². The first-order chi connectivity index (χ1) is 12.0. The SMILES string of the molecule is O=C(CCCOc1cccc(F)c1)NCC(=O)Nc1ccc(Cl)cc1. The van der Waals surface area contributed by atoms with E-state index in [-0.39, 0.29) is 37.2 Å². The minimum Gasteiger partial charge on any atom is -0.493 e. The van der Waals surface area contributed by atoms with Gasteiger partial charge >= 0.3 is 0 Å². The van der Waals surface area contributed by atoms with Crippen LogP contribution in [0.25, 0.3) is 0 Å². The Morgan fingerprint density at radius 2 is 1.84 bits per heavy atom. The first-order valence-corrected chi connectivity index (χ1v) is 8.11. The van der Waals surface area contributed by atoms with Gasteiger partial charge in [-0.05, 0) is 42.8 Å². The number of hydrogen-bond donors (Lipinski definition) is 2. The van der Waals surface area contributed by atoms with E-state index < -0.39 is 0 Å². The molecule has 0 heterocycles. The third kappa shape index (κ3) is 7.22. The molecule has 2 aromatic carbocycles. The van der Waals surface area contributed by atoms with Crippen LogP contribution in [0.15, 0.2) is 48.5 Å². The number of amides is 2. The van der Waals surface area contributed by atoms with E-state index >= 15 is 0 Å². The Kier molecular flexibility index (Phi) is 7.22. The Morgan fingerprint density at radius 1 is 1.08 bits per heavy atom. The smallest absolute Gasteiger partial charge is 0.243 e. The summed E-state index contributed by atoms with van der Waals surface area (Å²) in [6.07, 6.45) is 0.671. The van der Waals surface area contributed by atoms with Crippen LogP contribution >= 0.6 is 11.6 Å². The lowest BCUT2D eigenvalue weighted by Crippen LogP contribution is -2.32. The van der Waals surface area contributed by atoms with Crippen LogP contribution in [-0.2, 0) is 9.59 Å². The van der Waals surface area contributed by atoms with Crippen molar-refractivity contribution in [3.63, 3.8) is 0 Å². The van der Waals surface area contributed by atoms with Crippen molar-refractivity contribution >= 4 is 29.1 Å². The molecule has 0 unspecified atom stereocenters. The summed E-state index contributed by atoms with van der Waals surface area (Å²) < 4.78 is 18.3. The van der Waals surface area contributed by atoms with Crippen LogP contribution in [-0.4, -0.2) is 25.0 Å². The molecule has 132 valence electrons. The maximum Gasteiger partial charge on any atom is 0.243 e. The third-order valence-electron chi connectivity index (χ3n) is 3.19. The second kappa shape index (κ2) is 9.64. The molecule has 2 amide bonds. The summed E-state index contributed by atoms with van der Waals surface area (Å²) in [5.41, 5.74) is 0.604. The van der Waals surface area contributed by atoms with E-state index in [1.54, 1.807) is 36.4 Å². The maximum absolute atomic E-state index is 13.0. The largest absolute Gasteiger partial charge is 0.493 e. The quantitative estimate of drug-likeness (QED) is 0.705. The molecule has 0 aromatic heterocycles. The lowest BCUT2D eigenvalue weighted by Gasteiger charge is -2.08. The molecular weight excluding hydrogens is 347 g/mol. The fourth-order valence-corrected chi connectivity index (χ4v) is 2.11. The molecule has 2 N–H and O–H groups in total. The van der Waals surface area contributed by atoms with Gasteiger partial charge in [-0.3, -0.25) is 9.59 Å². The standard InChI is InChI=1S/C18H18ClFN2O3/c19-13-6-8-15(9-7-13)22-18(24)12-21-17(23)5-2-10-25-16-4-1-3-14(20)11-16/h1,3-4,6-9,11H,2,5,10,12H2,(H,21,23)(H,22,24). The van der Waals surface area contributed by atoms with Gasteiger partial charge in [-0.2, -0.15) is 0 Å². The highest BCUT2D eigenvalue weighted by Crippen LogP contribution is 2.13. The minimum absolute atomic E-state index is 0.119. The highest BCUT2D eigenvalue weighted by atomic mass is 35.5. The van der Waals surface area contributed by atoms with Crippen molar-refractivity contribution in [1.82, 2.24) is 5.32 Å². The first-order valence-electron chi connectivity index (χ1n) is 7.73. The van der Waals surface area contributed by atoms with Gasteiger partial charge in [0.15, 0.2) is 0 Å². The molecular formula is C18H18ClFN2O3. The maximum atomic E-state index is 13.0. The lowest BCUT2D eigenvalue weighted by atomic mass is 10.3. The van der Waals surface area contributed by atoms with E-state index in [0.717, 1.165) is 0 Å². The van der Waals surface area contributed by atoms with Crippen LogP contribution in [0.5, 0.6) is 5.75 Å². The monoisotopic (exact) mass is 364 g/mol. The van der Waals surface area contributed by atoms with Crippen LogP contribution in [0.1, 0.15) is 12.8 Å². The average Bonchev–Trinajstić information content (AvgIpc) is 2.59. The zero-order chi connectivity index (χ0) is 18.1. The van der Waals surface area contributed by atoms with Crippen molar-refractivity contribution in [2.75, 3.05) is 18.5 Å². The van der Waals surface area contributed by atoms with Gasteiger partial charge in [-0.15, -0.1) is 0 Å². The molecule has 25 heavy (non-hydrogen) atoms.